The maximum Gasteiger partial charge on any atom is 0.157 e. The summed E-state index contributed by atoms with van der Waals surface area (Å²) in [5, 5.41) is 14.9. The van der Waals surface area contributed by atoms with E-state index < -0.39 is 0 Å². The van der Waals surface area contributed by atoms with Gasteiger partial charge in [0.2, 0.25) is 0 Å². The number of nitrogens with zero attached hydrogens (tertiary/aromatic N) is 5. The number of hydrogen-bond donors (Lipinski definition) is 0. The minimum atomic E-state index is 0.565. The largest absolute Gasteiger partial charge is 0.455 e. The second kappa shape index (κ2) is 7.01. The van der Waals surface area contributed by atoms with Gasteiger partial charge in [0, 0.05) is 30.4 Å². The standard InChI is InChI=1S/C23H16BrN5O/c1-14-12-20(29-19(27-14)10-11-26-29)28(2)17-8-5-9-18-21(17)22(24)23(30-18)16-7-4-3-6-15(16)13-25/h3-12H,1-2H3. The predicted octanol–water partition coefficient (Wildman–Crippen LogP) is 5.85. The van der Waals surface area contributed by atoms with Crippen molar-refractivity contribution < 1.29 is 4.42 Å². The molecule has 146 valence electrons. The van der Waals surface area contributed by atoms with E-state index in [0.29, 0.717) is 11.3 Å². The van der Waals surface area contributed by atoms with Gasteiger partial charge < -0.3 is 9.32 Å². The van der Waals surface area contributed by atoms with E-state index in [1.54, 1.807) is 12.3 Å². The van der Waals surface area contributed by atoms with E-state index in [1.807, 2.05) is 67.0 Å². The summed E-state index contributed by atoms with van der Waals surface area (Å²) < 4.78 is 8.81. The second-order valence-corrected chi connectivity index (χ2v) is 7.76. The Morgan fingerprint density at radius 3 is 2.80 bits per heavy atom. The monoisotopic (exact) mass is 457 g/mol. The van der Waals surface area contributed by atoms with Crippen molar-refractivity contribution in [3.05, 3.63) is 76.5 Å². The Morgan fingerprint density at radius 1 is 1.13 bits per heavy atom. The van der Waals surface area contributed by atoms with Gasteiger partial charge in [0.05, 0.1) is 33.4 Å². The lowest BCUT2D eigenvalue weighted by molar-refractivity contribution is 0.629. The van der Waals surface area contributed by atoms with Crippen LogP contribution < -0.4 is 4.90 Å². The van der Waals surface area contributed by atoms with Crippen LogP contribution in [0.3, 0.4) is 0 Å². The first-order chi connectivity index (χ1) is 14.6. The molecule has 0 amide bonds. The minimum Gasteiger partial charge on any atom is -0.455 e. The van der Waals surface area contributed by atoms with Gasteiger partial charge in [-0.05, 0) is 47.1 Å². The number of benzene rings is 2. The molecule has 0 saturated heterocycles. The van der Waals surface area contributed by atoms with Crippen molar-refractivity contribution in [3.8, 4) is 17.4 Å². The molecule has 5 rings (SSSR count). The molecule has 0 aliphatic carbocycles. The van der Waals surface area contributed by atoms with Gasteiger partial charge in [-0.25, -0.2) is 4.98 Å². The summed E-state index contributed by atoms with van der Waals surface area (Å²) in [5.74, 6) is 1.53. The van der Waals surface area contributed by atoms with Crippen LogP contribution in [0, 0.1) is 18.3 Å². The number of aryl methyl sites for hydroxylation is 1. The van der Waals surface area contributed by atoms with E-state index in [1.165, 1.54) is 0 Å². The highest BCUT2D eigenvalue weighted by Gasteiger charge is 2.21. The summed E-state index contributed by atoms with van der Waals surface area (Å²) in [6, 6.07) is 19.5. The SMILES string of the molecule is Cc1cc(N(C)c2cccc3oc(-c4ccccc4C#N)c(Br)c23)n2nccc2n1. The average Bonchev–Trinajstić information content (AvgIpc) is 3.37. The number of furan rings is 1. The zero-order valence-electron chi connectivity index (χ0n) is 16.3. The molecular formula is C23H16BrN5O. The molecule has 0 saturated carbocycles. The minimum absolute atomic E-state index is 0.565. The first kappa shape index (κ1) is 18.4. The number of rotatable bonds is 3. The molecule has 0 aliphatic heterocycles. The van der Waals surface area contributed by atoms with Crippen molar-refractivity contribution >= 4 is 44.1 Å². The first-order valence-corrected chi connectivity index (χ1v) is 10.1. The van der Waals surface area contributed by atoms with Crippen molar-refractivity contribution in [2.45, 2.75) is 6.92 Å². The van der Waals surface area contributed by atoms with Crippen LogP contribution in [0.25, 0.3) is 27.9 Å². The Hall–Kier alpha value is -3.63. The van der Waals surface area contributed by atoms with Crippen molar-refractivity contribution in [1.29, 1.82) is 5.26 Å². The topological polar surface area (TPSA) is 70.4 Å². The molecule has 30 heavy (non-hydrogen) atoms. The molecule has 0 atom stereocenters. The lowest BCUT2D eigenvalue weighted by Crippen LogP contribution is -2.15. The third-order valence-corrected chi connectivity index (χ3v) is 5.86. The number of nitriles is 1. The van der Waals surface area contributed by atoms with Gasteiger partial charge in [-0.3, -0.25) is 0 Å². The number of hydrogen-bond acceptors (Lipinski definition) is 5. The van der Waals surface area contributed by atoms with E-state index in [0.717, 1.165) is 43.9 Å². The molecule has 0 fully saturated rings. The molecule has 3 heterocycles. The highest BCUT2D eigenvalue weighted by molar-refractivity contribution is 9.10. The van der Waals surface area contributed by atoms with Crippen LogP contribution in [0.1, 0.15) is 11.3 Å². The van der Waals surface area contributed by atoms with E-state index >= 15 is 0 Å². The smallest absolute Gasteiger partial charge is 0.157 e. The highest BCUT2D eigenvalue weighted by Crippen LogP contribution is 2.44. The van der Waals surface area contributed by atoms with Crippen molar-refractivity contribution in [2.24, 2.45) is 0 Å². The Morgan fingerprint density at radius 2 is 1.97 bits per heavy atom. The Balaban J connectivity index is 1.74. The lowest BCUT2D eigenvalue weighted by atomic mass is 10.1. The van der Waals surface area contributed by atoms with Crippen molar-refractivity contribution in [2.75, 3.05) is 11.9 Å². The van der Waals surface area contributed by atoms with Crippen molar-refractivity contribution in [3.63, 3.8) is 0 Å². The van der Waals surface area contributed by atoms with Gasteiger partial charge in [-0.1, -0.05) is 18.2 Å². The van der Waals surface area contributed by atoms with Gasteiger partial charge in [-0.15, -0.1) is 0 Å². The fraction of sp³-hybridized carbons (Fsp3) is 0.0870. The molecular weight excluding hydrogens is 442 g/mol. The Kier molecular flexibility index (Phi) is 4.30. The average molecular weight is 458 g/mol. The zero-order chi connectivity index (χ0) is 20.8. The Labute approximate surface area is 181 Å². The molecule has 0 spiro atoms. The first-order valence-electron chi connectivity index (χ1n) is 9.34. The summed E-state index contributed by atoms with van der Waals surface area (Å²) in [5.41, 5.74) is 4.70. The number of anilines is 2. The van der Waals surface area contributed by atoms with E-state index in [9.17, 15) is 5.26 Å². The van der Waals surface area contributed by atoms with Crippen LogP contribution in [0.15, 0.2) is 69.7 Å². The molecule has 0 aliphatic rings. The number of fused-ring (bicyclic) bond motifs is 2. The second-order valence-electron chi connectivity index (χ2n) is 6.97. The van der Waals surface area contributed by atoms with Crippen LogP contribution in [-0.4, -0.2) is 21.6 Å². The van der Waals surface area contributed by atoms with Gasteiger partial charge in [0.25, 0.3) is 0 Å². The summed E-state index contributed by atoms with van der Waals surface area (Å²) in [7, 11) is 1.99. The van der Waals surface area contributed by atoms with Gasteiger partial charge in [0.15, 0.2) is 11.4 Å². The molecule has 0 radical (unpaired) electrons. The molecule has 0 N–H and O–H groups in total. The van der Waals surface area contributed by atoms with Crippen LogP contribution in [0.4, 0.5) is 11.5 Å². The van der Waals surface area contributed by atoms with Crippen LogP contribution in [0.2, 0.25) is 0 Å². The number of halogens is 1. The van der Waals surface area contributed by atoms with Crippen molar-refractivity contribution in [1.82, 2.24) is 14.6 Å². The quantitative estimate of drug-likeness (QED) is 0.339. The maximum absolute atomic E-state index is 9.51. The highest BCUT2D eigenvalue weighted by atomic mass is 79.9. The molecule has 2 aromatic carbocycles. The number of aromatic nitrogens is 3. The lowest BCUT2D eigenvalue weighted by Gasteiger charge is -2.21. The molecule has 0 bridgehead atoms. The van der Waals surface area contributed by atoms with Crippen LogP contribution in [-0.2, 0) is 0 Å². The third kappa shape index (κ3) is 2.77. The van der Waals surface area contributed by atoms with E-state index in [4.69, 9.17) is 4.42 Å². The maximum atomic E-state index is 9.51. The summed E-state index contributed by atoms with van der Waals surface area (Å²) in [6.45, 7) is 1.97. The van der Waals surface area contributed by atoms with E-state index in [2.05, 4.69) is 37.0 Å². The van der Waals surface area contributed by atoms with Gasteiger partial charge in [-0.2, -0.15) is 14.9 Å². The molecule has 5 aromatic rings. The van der Waals surface area contributed by atoms with Crippen LogP contribution >= 0.6 is 15.9 Å². The summed E-state index contributed by atoms with van der Waals surface area (Å²) in [6.07, 6.45) is 1.74. The molecule has 0 unspecified atom stereocenters. The molecule has 7 heteroatoms. The third-order valence-electron chi connectivity index (χ3n) is 5.10. The van der Waals surface area contributed by atoms with Gasteiger partial charge in [0.1, 0.15) is 11.4 Å². The summed E-state index contributed by atoms with van der Waals surface area (Å²) in [4.78, 5) is 6.60. The fourth-order valence-corrected chi connectivity index (χ4v) is 4.40. The predicted molar refractivity (Wildman–Crippen MR) is 120 cm³/mol. The van der Waals surface area contributed by atoms with Gasteiger partial charge >= 0.3 is 0 Å². The molecule has 6 nitrogen and oxygen atoms in total. The normalized spacial score (nSPS) is 11.1. The summed E-state index contributed by atoms with van der Waals surface area (Å²) >= 11 is 3.74. The fourth-order valence-electron chi connectivity index (χ4n) is 3.71. The molecule has 3 aromatic heterocycles. The Bertz CT molecular complexity index is 1460. The van der Waals surface area contributed by atoms with Crippen LogP contribution in [0.5, 0.6) is 0 Å². The van der Waals surface area contributed by atoms with E-state index in [-0.39, 0.29) is 0 Å². The zero-order valence-corrected chi connectivity index (χ0v) is 17.9.